The van der Waals surface area contributed by atoms with Crippen molar-refractivity contribution in [3.8, 4) is 0 Å². The lowest BCUT2D eigenvalue weighted by Crippen LogP contribution is -2.36. The van der Waals surface area contributed by atoms with Crippen LogP contribution in [0, 0.1) is 17.7 Å². The third kappa shape index (κ3) is 8.48. The van der Waals surface area contributed by atoms with Crippen LogP contribution >= 0.6 is 11.6 Å². The molecule has 2 aromatic carbocycles. The predicted octanol–water partition coefficient (Wildman–Crippen LogP) is 4.34. The minimum absolute atomic E-state index is 0.105. The molecule has 1 fully saturated rings. The fourth-order valence-electron chi connectivity index (χ4n) is 4.96. The monoisotopic (exact) mass is 553 g/mol. The van der Waals surface area contributed by atoms with E-state index in [2.05, 4.69) is 10.2 Å². The zero-order chi connectivity index (χ0) is 27.0. The number of hydrogen-bond acceptors (Lipinski definition) is 5. The van der Waals surface area contributed by atoms with Gasteiger partial charge in [-0.3, -0.25) is 4.79 Å². The van der Waals surface area contributed by atoms with Gasteiger partial charge in [0.25, 0.3) is 0 Å². The Bertz CT molecular complexity index is 1120. The molecular weight excluding hydrogens is 517 g/mol. The molecule has 37 heavy (non-hydrogen) atoms. The van der Waals surface area contributed by atoms with Gasteiger partial charge < -0.3 is 15.0 Å². The van der Waals surface area contributed by atoms with Gasteiger partial charge in [0.05, 0.1) is 11.5 Å². The summed E-state index contributed by atoms with van der Waals surface area (Å²) >= 11 is 5.83. The molecule has 204 valence electrons. The number of sulfonamides is 1. The average Bonchev–Trinajstić information content (AvgIpc) is 2.86. The van der Waals surface area contributed by atoms with E-state index in [1.54, 1.807) is 12.1 Å². The maximum absolute atomic E-state index is 13.8. The molecule has 10 heteroatoms. The van der Waals surface area contributed by atoms with Crippen molar-refractivity contribution >= 4 is 27.5 Å². The summed E-state index contributed by atoms with van der Waals surface area (Å²) in [6.45, 7) is 0.702. The van der Waals surface area contributed by atoms with Gasteiger partial charge in [-0.05, 0) is 93.6 Å². The van der Waals surface area contributed by atoms with Crippen LogP contribution in [0.5, 0.6) is 0 Å². The smallest absolute Gasteiger partial charge is 0.246 e. The van der Waals surface area contributed by atoms with Gasteiger partial charge in [-0.1, -0.05) is 23.7 Å². The third-order valence-electron chi connectivity index (χ3n) is 6.98. The second-order valence-electron chi connectivity index (χ2n) is 9.88. The third-order valence-corrected chi connectivity index (χ3v) is 9.10. The summed E-state index contributed by atoms with van der Waals surface area (Å²) in [4.78, 5) is 14.6. The first-order chi connectivity index (χ1) is 17.6. The van der Waals surface area contributed by atoms with Crippen molar-refractivity contribution in [1.29, 1.82) is 0 Å². The average molecular weight is 554 g/mol. The molecule has 1 aliphatic carbocycles. The highest BCUT2D eigenvalue weighted by Gasteiger charge is 2.30. The van der Waals surface area contributed by atoms with E-state index in [1.165, 1.54) is 41.7 Å². The number of benzene rings is 2. The molecule has 0 spiro atoms. The molecule has 2 aromatic rings. The lowest BCUT2D eigenvalue weighted by Gasteiger charge is -2.37. The Morgan fingerprint density at radius 3 is 2.41 bits per heavy atom. The van der Waals surface area contributed by atoms with Crippen molar-refractivity contribution in [2.45, 2.75) is 36.6 Å². The fourth-order valence-corrected chi connectivity index (χ4v) is 6.25. The second kappa shape index (κ2) is 13.7. The Labute approximate surface area is 225 Å². The summed E-state index contributed by atoms with van der Waals surface area (Å²) in [6, 6.07) is 13.0. The fraction of sp³-hybridized carbons (Fsp3) is 0.519. The number of rotatable bonds is 12. The van der Waals surface area contributed by atoms with Crippen LogP contribution in [0.3, 0.4) is 0 Å². The summed E-state index contributed by atoms with van der Waals surface area (Å²) in [6.07, 6.45) is 4.03. The molecule has 0 bridgehead atoms. The van der Waals surface area contributed by atoms with Gasteiger partial charge in [0.15, 0.2) is 0 Å². The zero-order valence-corrected chi connectivity index (χ0v) is 23.3. The van der Waals surface area contributed by atoms with Crippen molar-refractivity contribution < 1.29 is 22.3 Å². The molecule has 0 radical (unpaired) electrons. The van der Waals surface area contributed by atoms with E-state index in [0.717, 1.165) is 31.2 Å². The van der Waals surface area contributed by atoms with Crippen LogP contribution in [0.4, 0.5) is 4.39 Å². The molecule has 0 aliphatic heterocycles. The Kier molecular flexibility index (Phi) is 10.9. The highest BCUT2D eigenvalue weighted by Crippen LogP contribution is 2.39. The van der Waals surface area contributed by atoms with Crippen LogP contribution in [0.1, 0.15) is 37.3 Å². The summed E-state index contributed by atoms with van der Waals surface area (Å²) in [7, 11) is 1.90. The van der Waals surface area contributed by atoms with E-state index in [4.69, 9.17) is 16.3 Å². The number of halogens is 2. The molecule has 0 aromatic heterocycles. The Morgan fingerprint density at radius 1 is 1.11 bits per heavy atom. The van der Waals surface area contributed by atoms with E-state index < -0.39 is 10.0 Å². The van der Waals surface area contributed by atoms with E-state index in [1.807, 2.05) is 20.2 Å². The Balaban J connectivity index is 1.35. The predicted molar refractivity (Wildman–Crippen MR) is 143 cm³/mol. The number of ether oxygens (including phenoxy) is 1. The van der Waals surface area contributed by atoms with Gasteiger partial charge in [-0.2, -0.15) is 4.31 Å². The largest absolute Gasteiger partial charge is 0.370 e. The summed E-state index contributed by atoms with van der Waals surface area (Å²) in [5.41, 5.74) is 1.01. The zero-order valence-electron chi connectivity index (χ0n) is 21.7. The molecular formula is C27H37ClFN3O4S. The minimum Gasteiger partial charge on any atom is -0.370 e. The summed E-state index contributed by atoms with van der Waals surface area (Å²) in [5.74, 6) is 0.411. The van der Waals surface area contributed by atoms with Gasteiger partial charge in [0, 0.05) is 31.2 Å². The first-order valence-electron chi connectivity index (χ1n) is 12.6. The number of hydrogen-bond donors (Lipinski definition) is 1. The topological polar surface area (TPSA) is 79.0 Å². The van der Waals surface area contributed by atoms with Crippen LogP contribution in [0.15, 0.2) is 53.4 Å². The maximum atomic E-state index is 13.8. The maximum Gasteiger partial charge on any atom is 0.246 e. The van der Waals surface area contributed by atoms with Crippen LogP contribution in [0.25, 0.3) is 0 Å². The quantitative estimate of drug-likeness (QED) is 0.396. The standard InChI is InChI=1S/C27H37ClFN3O4S/c1-31(2)27(22-5-4-6-24(29)17-22)21-9-7-20(8-10-21)18-30-26(33)19-36-16-15-32(3)37(34,35)25-13-11-23(28)12-14-25/h4-6,11-14,17,20-21,27H,7-10,15-16,18-19H2,1-3H3,(H,30,33). The first kappa shape index (κ1) is 29.5. The van der Waals surface area contributed by atoms with Crippen molar-refractivity contribution in [3.63, 3.8) is 0 Å². The molecule has 3 rings (SSSR count). The van der Waals surface area contributed by atoms with Crippen LogP contribution < -0.4 is 5.32 Å². The van der Waals surface area contributed by atoms with E-state index in [0.29, 0.717) is 23.4 Å². The van der Waals surface area contributed by atoms with Crippen molar-refractivity contribution in [1.82, 2.24) is 14.5 Å². The number of nitrogens with one attached hydrogen (secondary N) is 1. The summed E-state index contributed by atoms with van der Waals surface area (Å²) < 4.78 is 45.5. The molecule has 1 unspecified atom stereocenters. The van der Waals surface area contributed by atoms with Gasteiger partial charge in [-0.25, -0.2) is 12.8 Å². The minimum atomic E-state index is -3.64. The van der Waals surface area contributed by atoms with Crippen LogP contribution in [-0.4, -0.2) is 71.0 Å². The van der Waals surface area contributed by atoms with E-state index >= 15 is 0 Å². The van der Waals surface area contributed by atoms with E-state index in [-0.39, 0.29) is 42.4 Å². The van der Waals surface area contributed by atoms with Crippen molar-refractivity contribution in [3.05, 3.63) is 64.9 Å². The lowest BCUT2D eigenvalue weighted by atomic mass is 9.76. The van der Waals surface area contributed by atoms with Crippen LogP contribution in [-0.2, 0) is 19.6 Å². The van der Waals surface area contributed by atoms with Gasteiger partial charge >= 0.3 is 0 Å². The molecule has 1 atom stereocenters. The molecule has 1 N–H and O–H groups in total. The molecule has 1 saturated carbocycles. The lowest BCUT2D eigenvalue weighted by molar-refractivity contribution is -0.126. The number of amides is 1. The van der Waals surface area contributed by atoms with Gasteiger partial charge in [0.1, 0.15) is 12.4 Å². The Hall–Kier alpha value is -2.04. The molecule has 7 nitrogen and oxygen atoms in total. The Morgan fingerprint density at radius 2 is 1.78 bits per heavy atom. The second-order valence-corrected chi connectivity index (χ2v) is 12.4. The summed E-state index contributed by atoms with van der Waals surface area (Å²) in [5, 5.41) is 3.40. The highest BCUT2D eigenvalue weighted by atomic mass is 35.5. The first-order valence-corrected chi connectivity index (χ1v) is 14.4. The molecule has 1 aliphatic rings. The highest BCUT2D eigenvalue weighted by molar-refractivity contribution is 7.89. The van der Waals surface area contributed by atoms with E-state index in [9.17, 15) is 17.6 Å². The van der Waals surface area contributed by atoms with Gasteiger partial charge in [0.2, 0.25) is 15.9 Å². The molecule has 0 saturated heterocycles. The number of likely N-dealkylation sites (N-methyl/N-ethyl adjacent to an activating group) is 1. The SMILES string of the molecule is CN(C)C(c1cccc(F)c1)C1CCC(CNC(=O)COCCN(C)S(=O)(=O)c2ccc(Cl)cc2)CC1. The van der Waals surface area contributed by atoms with Crippen molar-refractivity contribution in [2.75, 3.05) is 47.4 Å². The van der Waals surface area contributed by atoms with Crippen LogP contribution in [0.2, 0.25) is 5.02 Å². The normalized spacial score (nSPS) is 19.2. The van der Waals surface area contributed by atoms with Gasteiger partial charge in [-0.15, -0.1) is 0 Å². The number of carbonyl (C=O) groups is 1. The number of carbonyl (C=O) groups excluding carboxylic acids is 1. The number of nitrogens with zero attached hydrogens (tertiary/aromatic N) is 2. The molecule has 0 heterocycles. The van der Waals surface area contributed by atoms with Crippen molar-refractivity contribution in [2.24, 2.45) is 11.8 Å². The molecule has 1 amide bonds.